The molecular formula is C13H15NO2S. The third kappa shape index (κ3) is 2.65. The van der Waals surface area contributed by atoms with Crippen LogP contribution in [0, 0.1) is 6.92 Å². The third-order valence-corrected chi connectivity index (χ3v) is 3.36. The van der Waals surface area contributed by atoms with Gasteiger partial charge in [-0.3, -0.25) is 0 Å². The number of benzene rings is 1. The van der Waals surface area contributed by atoms with E-state index in [9.17, 15) is 5.11 Å². The highest BCUT2D eigenvalue weighted by Crippen LogP contribution is 2.31. The highest BCUT2D eigenvalue weighted by atomic mass is 32.1. The van der Waals surface area contributed by atoms with E-state index in [0.717, 1.165) is 21.9 Å². The summed E-state index contributed by atoms with van der Waals surface area (Å²) < 4.78 is 9.69. The molecule has 0 spiro atoms. The number of ether oxygens (including phenoxy) is 1. The summed E-state index contributed by atoms with van der Waals surface area (Å²) in [5.41, 5.74) is 1.72. The Labute approximate surface area is 105 Å². The lowest BCUT2D eigenvalue weighted by molar-refractivity contribution is 0.215. The summed E-state index contributed by atoms with van der Waals surface area (Å²) in [5, 5.41) is 10.3. The number of aromatic nitrogens is 1. The fourth-order valence-corrected chi connectivity index (χ4v) is 2.41. The maximum absolute atomic E-state index is 10.3. The van der Waals surface area contributed by atoms with Gasteiger partial charge in [0.2, 0.25) is 0 Å². The summed E-state index contributed by atoms with van der Waals surface area (Å²) in [6.45, 7) is 4.44. The Morgan fingerprint density at radius 1 is 1.41 bits per heavy atom. The van der Waals surface area contributed by atoms with Gasteiger partial charge in [-0.15, -0.1) is 0 Å². The Bertz CT molecular complexity index is 496. The van der Waals surface area contributed by atoms with Gasteiger partial charge in [0.15, 0.2) is 0 Å². The quantitative estimate of drug-likeness (QED) is 0.906. The first kappa shape index (κ1) is 12.1. The van der Waals surface area contributed by atoms with Crippen molar-refractivity contribution in [3.63, 3.8) is 0 Å². The largest absolute Gasteiger partial charge is 0.493 e. The molecule has 1 atom stereocenters. The van der Waals surface area contributed by atoms with Crippen LogP contribution in [-0.2, 0) is 0 Å². The van der Waals surface area contributed by atoms with Crippen LogP contribution >= 0.6 is 11.5 Å². The summed E-state index contributed by atoms with van der Waals surface area (Å²) in [4.78, 5) is 0.842. The minimum atomic E-state index is -0.663. The Balaban J connectivity index is 2.33. The molecule has 0 aliphatic carbocycles. The van der Waals surface area contributed by atoms with E-state index in [1.165, 1.54) is 11.5 Å². The lowest BCUT2D eigenvalue weighted by Crippen LogP contribution is -2.02. The molecule has 3 nitrogen and oxygen atoms in total. The van der Waals surface area contributed by atoms with Gasteiger partial charge in [0.1, 0.15) is 11.9 Å². The normalized spacial score (nSPS) is 12.4. The van der Waals surface area contributed by atoms with E-state index in [1.54, 1.807) is 0 Å². The van der Waals surface area contributed by atoms with Crippen molar-refractivity contribution in [3.05, 3.63) is 46.5 Å². The monoisotopic (exact) mass is 249 g/mol. The smallest absolute Gasteiger partial charge is 0.125 e. The zero-order valence-corrected chi connectivity index (χ0v) is 10.7. The van der Waals surface area contributed by atoms with Crippen LogP contribution < -0.4 is 4.74 Å². The van der Waals surface area contributed by atoms with E-state index in [0.29, 0.717) is 6.61 Å². The van der Waals surface area contributed by atoms with Gasteiger partial charge in [-0.25, -0.2) is 0 Å². The van der Waals surface area contributed by atoms with Crippen LogP contribution in [0.25, 0.3) is 0 Å². The molecule has 0 saturated carbocycles. The van der Waals surface area contributed by atoms with Crippen LogP contribution in [0.15, 0.2) is 30.3 Å². The summed E-state index contributed by atoms with van der Waals surface area (Å²) in [6.07, 6.45) is -0.663. The average molecular weight is 249 g/mol. The van der Waals surface area contributed by atoms with Crippen LogP contribution in [0.3, 0.4) is 0 Å². The molecule has 1 N–H and O–H groups in total. The first-order valence-corrected chi connectivity index (χ1v) is 6.32. The van der Waals surface area contributed by atoms with Gasteiger partial charge in [-0.05, 0) is 37.5 Å². The number of aliphatic hydroxyl groups excluding tert-OH is 1. The molecule has 0 radical (unpaired) electrons. The number of para-hydroxylation sites is 1. The molecule has 1 heterocycles. The fraction of sp³-hybridized carbons (Fsp3) is 0.308. The fourth-order valence-electron chi connectivity index (χ4n) is 1.66. The molecule has 0 aliphatic heterocycles. The van der Waals surface area contributed by atoms with Crippen LogP contribution in [-0.4, -0.2) is 16.1 Å². The summed E-state index contributed by atoms with van der Waals surface area (Å²) in [7, 11) is 0. The Hall–Kier alpha value is -1.39. The zero-order valence-electron chi connectivity index (χ0n) is 9.88. The van der Waals surface area contributed by atoms with Crippen molar-refractivity contribution in [1.82, 2.24) is 4.37 Å². The van der Waals surface area contributed by atoms with Gasteiger partial charge < -0.3 is 9.84 Å². The second-order valence-electron chi connectivity index (χ2n) is 3.74. The molecule has 2 aromatic rings. The lowest BCUT2D eigenvalue weighted by Gasteiger charge is -2.13. The lowest BCUT2D eigenvalue weighted by atomic mass is 10.1. The Morgan fingerprint density at radius 2 is 2.18 bits per heavy atom. The number of aryl methyl sites for hydroxylation is 1. The van der Waals surface area contributed by atoms with Gasteiger partial charge in [0, 0.05) is 5.56 Å². The van der Waals surface area contributed by atoms with Gasteiger partial charge in [-0.1, -0.05) is 18.2 Å². The molecule has 17 heavy (non-hydrogen) atoms. The Morgan fingerprint density at radius 3 is 2.82 bits per heavy atom. The summed E-state index contributed by atoms with van der Waals surface area (Å²) >= 11 is 1.32. The summed E-state index contributed by atoms with van der Waals surface area (Å²) in [5.74, 6) is 0.730. The topological polar surface area (TPSA) is 42.4 Å². The van der Waals surface area contributed by atoms with E-state index < -0.39 is 6.10 Å². The van der Waals surface area contributed by atoms with Crippen molar-refractivity contribution < 1.29 is 9.84 Å². The van der Waals surface area contributed by atoms with Crippen LogP contribution in [0.1, 0.15) is 29.2 Å². The van der Waals surface area contributed by atoms with Gasteiger partial charge in [0.25, 0.3) is 0 Å². The van der Waals surface area contributed by atoms with E-state index >= 15 is 0 Å². The molecule has 0 bridgehead atoms. The third-order valence-electron chi connectivity index (χ3n) is 2.43. The first-order chi connectivity index (χ1) is 8.22. The number of hydrogen-bond acceptors (Lipinski definition) is 4. The van der Waals surface area contributed by atoms with Gasteiger partial charge in [-0.2, -0.15) is 4.37 Å². The molecule has 0 amide bonds. The van der Waals surface area contributed by atoms with Crippen molar-refractivity contribution in [2.24, 2.45) is 0 Å². The summed E-state index contributed by atoms with van der Waals surface area (Å²) in [6, 6.07) is 9.45. The second-order valence-corrected chi connectivity index (χ2v) is 4.58. The number of rotatable bonds is 4. The first-order valence-electron chi connectivity index (χ1n) is 5.55. The highest BCUT2D eigenvalue weighted by Gasteiger charge is 2.17. The van der Waals surface area contributed by atoms with Crippen LogP contribution in [0.5, 0.6) is 5.75 Å². The van der Waals surface area contributed by atoms with Crippen molar-refractivity contribution in [1.29, 1.82) is 0 Å². The molecule has 4 heteroatoms. The van der Waals surface area contributed by atoms with Crippen LogP contribution in [0.2, 0.25) is 0 Å². The molecule has 0 fully saturated rings. The predicted molar refractivity (Wildman–Crippen MR) is 68.5 cm³/mol. The molecule has 1 aromatic carbocycles. The highest BCUT2D eigenvalue weighted by molar-refractivity contribution is 7.05. The Kier molecular flexibility index (Phi) is 3.76. The van der Waals surface area contributed by atoms with Crippen molar-refractivity contribution in [2.75, 3.05) is 6.61 Å². The van der Waals surface area contributed by atoms with Gasteiger partial charge >= 0.3 is 0 Å². The molecule has 0 aliphatic rings. The molecule has 0 unspecified atom stereocenters. The molecule has 2 rings (SSSR count). The van der Waals surface area contributed by atoms with Crippen molar-refractivity contribution >= 4 is 11.5 Å². The van der Waals surface area contributed by atoms with E-state index in [4.69, 9.17) is 4.74 Å². The van der Waals surface area contributed by atoms with Crippen molar-refractivity contribution in [3.8, 4) is 5.75 Å². The molecular weight excluding hydrogens is 234 g/mol. The van der Waals surface area contributed by atoms with E-state index in [2.05, 4.69) is 4.37 Å². The van der Waals surface area contributed by atoms with Crippen LogP contribution in [0.4, 0.5) is 0 Å². The van der Waals surface area contributed by atoms with Gasteiger partial charge in [0.05, 0.1) is 17.2 Å². The van der Waals surface area contributed by atoms with E-state index in [-0.39, 0.29) is 0 Å². The molecule has 1 aromatic heterocycles. The second kappa shape index (κ2) is 5.29. The number of hydrogen-bond donors (Lipinski definition) is 1. The standard InChI is InChI=1S/C13H15NO2S/c1-3-16-11-7-5-4-6-10(11)13(15)12-8-9(2)14-17-12/h4-8,13,15H,3H2,1-2H3/t13-/m0/s1. The number of nitrogens with zero attached hydrogens (tertiary/aromatic N) is 1. The molecule has 0 saturated heterocycles. The zero-order chi connectivity index (χ0) is 12.3. The molecule has 90 valence electrons. The minimum Gasteiger partial charge on any atom is -0.493 e. The maximum atomic E-state index is 10.3. The maximum Gasteiger partial charge on any atom is 0.125 e. The van der Waals surface area contributed by atoms with E-state index in [1.807, 2.05) is 44.2 Å². The SMILES string of the molecule is CCOc1ccccc1[C@H](O)c1cc(C)ns1. The van der Waals surface area contributed by atoms with Crippen molar-refractivity contribution in [2.45, 2.75) is 20.0 Å². The number of aliphatic hydroxyl groups is 1. The average Bonchev–Trinajstić information content (AvgIpc) is 2.76. The minimum absolute atomic E-state index is 0.589. The predicted octanol–water partition coefficient (Wildman–Crippen LogP) is 2.93.